The molecule has 2 aromatic carbocycles. The van der Waals surface area contributed by atoms with Gasteiger partial charge in [-0.05, 0) is 67.1 Å². The second-order valence-corrected chi connectivity index (χ2v) is 6.98. The van der Waals surface area contributed by atoms with E-state index in [9.17, 15) is 9.50 Å². The van der Waals surface area contributed by atoms with Crippen molar-refractivity contribution in [3.05, 3.63) is 70.5 Å². The summed E-state index contributed by atoms with van der Waals surface area (Å²) in [5.74, 6) is 0.377. The van der Waals surface area contributed by atoms with E-state index in [1.54, 1.807) is 0 Å². The molecule has 1 heterocycles. The summed E-state index contributed by atoms with van der Waals surface area (Å²) in [7, 11) is 0. The second-order valence-electron chi connectivity index (χ2n) is 6.55. The van der Waals surface area contributed by atoms with Gasteiger partial charge in [0, 0.05) is 17.6 Å². The largest absolute Gasteiger partial charge is 0.395 e. The summed E-state index contributed by atoms with van der Waals surface area (Å²) < 4.78 is 13.1. The molecule has 0 saturated carbocycles. The zero-order chi connectivity index (χ0) is 16.9. The van der Waals surface area contributed by atoms with Crippen molar-refractivity contribution in [2.45, 2.75) is 25.3 Å². The van der Waals surface area contributed by atoms with Crippen LogP contribution in [-0.4, -0.2) is 29.7 Å². The predicted molar refractivity (Wildman–Crippen MR) is 95.7 cm³/mol. The fourth-order valence-electron chi connectivity index (χ4n) is 3.65. The highest BCUT2D eigenvalue weighted by Gasteiger charge is 2.29. The van der Waals surface area contributed by atoms with E-state index in [2.05, 4.69) is 17.0 Å². The number of β-amino-alcohol motifs (C(OH)–C–C–N with tert-alkyl or cyclic N) is 1. The molecule has 1 aliphatic rings. The van der Waals surface area contributed by atoms with Gasteiger partial charge in [-0.15, -0.1) is 0 Å². The van der Waals surface area contributed by atoms with Crippen LogP contribution in [0.15, 0.2) is 48.5 Å². The first-order valence-electron chi connectivity index (χ1n) is 8.50. The maximum atomic E-state index is 13.1. The fourth-order valence-corrected chi connectivity index (χ4v) is 3.78. The molecule has 0 spiro atoms. The minimum Gasteiger partial charge on any atom is -0.395 e. The van der Waals surface area contributed by atoms with Gasteiger partial charge in [-0.2, -0.15) is 0 Å². The molecule has 2 nitrogen and oxygen atoms in total. The van der Waals surface area contributed by atoms with Crippen molar-refractivity contribution >= 4 is 11.6 Å². The van der Waals surface area contributed by atoms with Crippen molar-refractivity contribution in [3.63, 3.8) is 0 Å². The fraction of sp³-hybridized carbons (Fsp3) is 0.400. The molecule has 24 heavy (non-hydrogen) atoms. The van der Waals surface area contributed by atoms with E-state index >= 15 is 0 Å². The number of benzene rings is 2. The Morgan fingerprint density at radius 3 is 2.46 bits per heavy atom. The summed E-state index contributed by atoms with van der Waals surface area (Å²) in [6.07, 6.45) is 3.11. The summed E-state index contributed by atoms with van der Waals surface area (Å²) in [5.41, 5.74) is 2.43. The van der Waals surface area contributed by atoms with Crippen molar-refractivity contribution in [1.82, 2.24) is 4.90 Å². The van der Waals surface area contributed by atoms with Gasteiger partial charge >= 0.3 is 0 Å². The van der Waals surface area contributed by atoms with E-state index < -0.39 is 0 Å². The van der Waals surface area contributed by atoms with Gasteiger partial charge in [0.2, 0.25) is 0 Å². The van der Waals surface area contributed by atoms with Gasteiger partial charge in [-0.1, -0.05) is 35.9 Å². The second kappa shape index (κ2) is 8.11. The molecule has 0 amide bonds. The molecule has 1 aliphatic heterocycles. The third kappa shape index (κ3) is 4.35. The smallest absolute Gasteiger partial charge is 0.123 e. The molecule has 1 N–H and O–H groups in total. The van der Waals surface area contributed by atoms with E-state index in [4.69, 9.17) is 11.6 Å². The molecular weight excluding hydrogens is 325 g/mol. The molecule has 2 atom stereocenters. The van der Waals surface area contributed by atoms with Crippen molar-refractivity contribution in [2.75, 3.05) is 19.7 Å². The minimum atomic E-state index is -0.185. The molecule has 3 rings (SSSR count). The van der Waals surface area contributed by atoms with Gasteiger partial charge in [-0.3, -0.25) is 4.90 Å². The Kier molecular flexibility index (Phi) is 5.88. The highest BCUT2D eigenvalue weighted by Crippen LogP contribution is 2.36. The van der Waals surface area contributed by atoms with Crippen LogP contribution in [0.3, 0.4) is 0 Å². The minimum absolute atomic E-state index is 0.173. The lowest BCUT2D eigenvalue weighted by atomic mass is 9.83. The first kappa shape index (κ1) is 17.4. The molecule has 128 valence electrons. The van der Waals surface area contributed by atoms with E-state index in [0.29, 0.717) is 18.5 Å². The lowest BCUT2D eigenvalue weighted by Crippen LogP contribution is -2.39. The van der Waals surface area contributed by atoms with Gasteiger partial charge in [-0.25, -0.2) is 4.39 Å². The van der Waals surface area contributed by atoms with Crippen LogP contribution < -0.4 is 0 Å². The van der Waals surface area contributed by atoms with Crippen LogP contribution in [0.1, 0.15) is 30.0 Å². The van der Waals surface area contributed by atoms with Gasteiger partial charge in [0.1, 0.15) is 5.82 Å². The molecule has 1 fully saturated rings. The van der Waals surface area contributed by atoms with Crippen molar-refractivity contribution in [3.8, 4) is 0 Å². The van der Waals surface area contributed by atoms with E-state index in [-0.39, 0.29) is 12.4 Å². The average molecular weight is 348 g/mol. The molecular formula is C20H23ClFNO. The number of aliphatic hydroxyl groups excluding tert-OH is 1. The first-order chi connectivity index (χ1) is 11.7. The number of rotatable bonds is 5. The highest BCUT2D eigenvalue weighted by molar-refractivity contribution is 6.30. The van der Waals surface area contributed by atoms with Crippen molar-refractivity contribution < 1.29 is 9.50 Å². The van der Waals surface area contributed by atoms with E-state index in [0.717, 1.165) is 30.8 Å². The SMILES string of the molecule is OCCN1CCC(Cc2ccc(F)cc2)CC1c1ccc(Cl)cc1. The van der Waals surface area contributed by atoms with Crippen LogP contribution in [0.5, 0.6) is 0 Å². The Hall–Kier alpha value is -1.42. The Bertz CT molecular complexity index is 644. The zero-order valence-electron chi connectivity index (χ0n) is 13.7. The number of halogens is 2. The number of aliphatic hydroxyl groups is 1. The van der Waals surface area contributed by atoms with E-state index in [1.807, 2.05) is 24.3 Å². The average Bonchev–Trinajstić information content (AvgIpc) is 2.59. The summed E-state index contributed by atoms with van der Waals surface area (Å²) in [6, 6.07) is 15.2. The predicted octanol–water partition coefficient (Wildman–Crippen LogP) is 4.47. The van der Waals surface area contributed by atoms with Gasteiger partial charge < -0.3 is 5.11 Å². The van der Waals surface area contributed by atoms with E-state index in [1.165, 1.54) is 23.3 Å². The monoisotopic (exact) mass is 347 g/mol. The summed E-state index contributed by atoms with van der Waals surface area (Å²) >= 11 is 6.01. The molecule has 2 unspecified atom stereocenters. The molecule has 2 aromatic rings. The van der Waals surface area contributed by atoms with Crippen LogP contribution in [0.2, 0.25) is 5.02 Å². The van der Waals surface area contributed by atoms with Crippen LogP contribution in [0.4, 0.5) is 4.39 Å². The summed E-state index contributed by atoms with van der Waals surface area (Å²) in [5, 5.41) is 10.1. The standard InChI is InChI=1S/C20H23ClFNO/c21-18-5-3-17(4-6-18)20-14-16(9-10-23(20)11-12-24)13-15-1-7-19(22)8-2-15/h1-8,16,20,24H,9-14H2. The maximum Gasteiger partial charge on any atom is 0.123 e. The van der Waals surface area contributed by atoms with Crippen LogP contribution in [0, 0.1) is 11.7 Å². The maximum absolute atomic E-state index is 13.1. The number of likely N-dealkylation sites (tertiary alicyclic amines) is 1. The summed E-state index contributed by atoms with van der Waals surface area (Å²) in [4.78, 5) is 2.35. The topological polar surface area (TPSA) is 23.5 Å². The van der Waals surface area contributed by atoms with Crippen LogP contribution in [0.25, 0.3) is 0 Å². The van der Waals surface area contributed by atoms with Gasteiger partial charge in [0.05, 0.1) is 6.61 Å². The Labute approximate surface area is 147 Å². The lowest BCUT2D eigenvalue weighted by molar-refractivity contribution is 0.0892. The van der Waals surface area contributed by atoms with Crippen molar-refractivity contribution in [1.29, 1.82) is 0 Å². The number of hydrogen-bond donors (Lipinski definition) is 1. The lowest BCUT2D eigenvalue weighted by Gasteiger charge is -2.39. The molecule has 0 radical (unpaired) electrons. The number of piperidine rings is 1. The Morgan fingerprint density at radius 2 is 1.79 bits per heavy atom. The Balaban J connectivity index is 1.73. The Morgan fingerprint density at radius 1 is 1.08 bits per heavy atom. The van der Waals surface area contributed by atoms with Gasteiger partial charge in [0.25, 0.3) is 0 Å². The number of hydrogen-bond acceptors (Lipinski definition) is 2. The molecule has 4 heteroatoms. The third-order valence-electron chi connectivity index (χ3n) is 4.90. The molecule has 0 aromatic heterocycles. The third-order valence-corrected chi connectivity index (χ3v) is 5.15. The van der Waals surface area contributed by atoms with Crippen LogP contribution in [-0.2, 0) is 6.42 Å². The normalized spacial score (nSPS) is 21.8. The van der Waals surface area contributed by atoms with Gasteiger partial charge in [0.15, 0.2) is 0 Å². The quantitative estimate of drug-likeness (QED) is 0.862. The highest BCUT2D eigenvalue weighted by atomic mass is 35.5. The summed E-state index contributed by atoms with van der Waals surface area (Å²) in [6.45, 7) is 1.84. The van der Waals surface area contributed by atoms with Crippen LogP contribution >= 0.6 is 11.6 Å². The molecule has 0 bridgehead atoms. The zero-order valence-corrected chi connectivity index (χ0v) is 14.4. The first-order valence-corrected chi connectivity index (χ1v) is 8.88. The number of nitrogens with zero attached hydrogens (tertiary/aromatic N) is 1. The molecule has 1 saturated heterocycles. The molecule has 0 aliphatic carbocycles. The van der Waals surface area contributed by atoms with Crippen molar-refractivity contribution in [2.24, 2.45) is 5.92 Å².